The van der Waals surface area contributed by atoms with Gasteiger partial charge in [-0.1, -0.05) is 155 Å². The first-order valence-electron chi connectivity index (χ1n) is 19.8. The van der Waals surface area contributed by atoms with Crippen molar-refractivity contribution >= 4 is 5.97 Å². The van der Waals surface area contributed by atoms with E-state index >= 15 is 0 Å². The van der Waals surface area contributed by atoms with Gasteiger partial charge in [-0.25, -0.2) is 4.79 Å². The smallest absolute Gasteiger partial charge is 0.343 e. The van der Waals surface area contributed by atoms with Gasteiger partial charge in [0.1, 0.15) is 11.5 Å². The Labute approximate surface area is 289 Å². The van der Waals surface area contributed by atoms with E-state index in [0.29, 0.717) is 11.3 Å². The standard InChI is InChI=1S/C43H70O4/c1-5-8-10-12-14-15-16-17-18-19-20-21-23-25-36-45-37(4)38-28-30-39(31-29-38)43(44)47-42-34-32-41(33-35-42)46-40(26-7-3)27-24-22-13-11-9-6-2/h28-35,37,40H,5-27,36H2,1-4H3. The quantitative estimate of drug-likeness (QED) is 0.0479. The number of ether oxygens (including phenoxy) is 3. The zero-order valence-electron chi connectivity index (χ0n) is 30.9. The zero-order chi connectivity index (χ0) is 33.8. The number of rotatable bonds is 30. The predicted molar refractivity (Wildman–Crippen MR) is 200 cm³/mol. The van der Waals surface area contributed by atoms with E-state index in [-0.39, 0.29) is 18.2 Å². The lowest BCUT2D eigenvalue weighted by molar-refractivity contribution is 0.0626. The molecule has 4 heteroatoms. The Morgan fingerprint density at radius 3 is 1.51 bits per heavy atom. The molecule has 0 N–H and O–H groups in total. The van der Waals surface area contributed by atoms with Crippen molar-refractivity contribution < 1.29 is 19.0 Å². The molecule has 47 heavy (non-hydrogen) atoms. The maximum atomic E-state index is 12.8. The molecule has 2 atom stereocenters. The molecule has 0 aliphatic carbocycles. The Kier molecular flexibility index (Phi) is 24.0. The van der Waals surface area contributed by atoms with Gasteiger partial charge in [-0.3, -0.25) is 0 Å². The molecule has 0 aromatic heterocycles. The number of esters is 1. The molecule has 0 radical (unpaired) electrons. The van der Waals surface area contributed by atoms with Crippen LogP contribution in [0.4, 0.5) is 0 Å². The Morgan fingerprint density at radius 2 is 1.00 bits per heavy atom. The lowest BCUT2D eigenvalue weighted by atomic mass is 10.0. The molecular weight excluding hydrogens is 580 g/mol. The zero-order valence-corrected chi connectivity index (χ0v) is 30.9. The molecule has 4 nitrogen and oxygen atoms in total. The summed E-state index contributed by atoms with van der Waals surface area (Å²) in [6.45, 7) is 9.61. The number of unbranched alkanes of at least 4 members (excludes halogenated alkanes) is 18. The van der Waals surface area contributed by atoms with E-state index < -0.39 is 0 Å². The van der Waals surface area contributed by atoms with Gasteiger partial charge in [0.2, 0.25) is 0 Å². The lowest BCUT2D eigenvalue weighted by Crippen LogP contribution is -2.16. The monoisotopic (exact) mass is 651 g/mol. The van der Waals surface area contributed by atoms with Crippen LogP contribution < -0.4 is 9.47 Å². The summed E-state index contributed by atoms with van der Waals surface area (Å²) in [5, 5.41) is 0. The summed E-state index contributed by atoms with van der Waals surface area (Å²) >= 11 is 0. The third-order valence-electron chi connectivity index (χ3n) is 9.31. The van der Waals surface area contributed by atoms with Crippen LogP contribution in [0.5, 0.6) is 11.5 Å². The van der Waals surface area contributed by atoms with Gasteiger partial charge < -0.3 is 14.2 Å². The molecule has 2 aromatic carbocycles. The summed E-state index contributed by atoms with van der Waals surface area (Å²) in [6, 6.07) is 15.1. The molecule has 2 aromatic rings. The fourth-order valence-electron chi connectivity index (χ4n) is 6.22. The average molecular weight is 651 g/mol. The number of carbonyl (C=O) groups excluding carboxylic acids is 1. The molecule has 2 unspecified atom stereocenters. The topological polar surface area (TPSA) is 44.8 Å². The van der Waals surface area contributed by atoms with Crippen molar-refractivity contribution in [1.29, 1.82) is 0 Å². The average Bonchev–Trinajstić information content (AvgIpc) is 3.09. The summed E-state index contributed by atoms with van der Waals surface area (Å²) < 4.78 is 18.0. The normalized spacial score (nSPS) is 12.6. The maximum absolute atomic E-state index is 12.8. The van der Waals surface area contributed by atoms with E-state index in [1.54, 1.807) is 0 Å². The van der Waals surface area contributed by atoms with E-state index in [1.165, 1.54) is 122 Å². The summed E-state index contributed by atoms with van der Waals surface area (Å²) in [6.07, 6.45) is 30.3. The first kappa shape index (κ1) is 40.8. The minimum Gasteiger partial charge on any atom is -0.490 e. The van der Waals surface area contributed by atoms with E-state index in [2.05, 4.69) is 27.7 Å². The molecule has 266 valence electrons. The molecule has 2 rings (SSSR count). The van der Waals surface area contributed by atoms with Crippen molar-refractivity contribution in [3.8, 4) is 11.5 Å². The molecular formula is C43H70O4. The first-order chi connectivity index (χ1) is 23.1. The largest absolute Gasteiger partial charge is 0.490 e. The van der Waals surface area contributed by atoms with Crippen molar-refractivity contribution in [2.45, 2.75) is 188 Å². The summed E-state index contributed by atoms with van der Waals surface area (Å²) in [4.78, 5) is 12.8. The second-order valence-corrected chi connectivity index (χ2v) is 13.7. The highest BCUT2D eigenvalue weighted by atomic mass is 16.5. The highest BCUT2D eigenvalue weighted by molar-refractivity contribution is 5.91. The number of hydrogen-bond acceptors (Lipinski definition) is 4. The van der Waals surface area contributed by atoms with Crippen LogP contribution in [-0.2, 0) is 4.74 Å². The maximum Gasteiger partial charge on any atom is 0.343 e. The summed E-state index contributed by atoms with van der Waals surface area (Å²) in [7, 11) is 0. The van der Waals surface area contributed by atoms with Gasteiger partial charge in [0.15, 0.2) is 0 Å². The minimum atomic E-state index is -0.354. The molecule has 0 spiro atoms. The van der Waals surface area contributed by atoms with E-state index in [4.69, 9.17) is 14.2 Å². The molecule has 0 saturated heterocycles. The van der Waals surface area contributed by atoms with E-state index in [1.807, 2.05) is 48.5 Å². The van der Waals surface area contributed by atoms with Gasteiger partial charge >= 0.3 is 5.97 Å². The van der Waals surface area contributed by atoms with E-state index in [0.717, 1.165) is 43.6 Å². The molecule has 0 fully saturated rings. The van der Waals surface area contributed by atoms with Crippen LogP contribution in [-0.4, -0.2) is 18.7 Å². The second kappa shape index (κ2) is 27.6. The second-order valence-electron chi connectivity index (χ2n) is 13.7. The Balaban J connectivity index is 1.59. The van der Waals surface area contributed by atoms with Crippen LogP contribution in [0.15, 0.2) is 48.5 Å². The molecule has 0 aliphatic heterocycles. The van der Waals surface area contributed by atoms with Crippen LogP contribution in [0.1, 0.15) is 197 Å². The van der Waals surface area contributed by atoms with Crippen LogP contribution in [0.25, 0.3) is 0 Å². The van der Waals surface area contributed by atoms with Crippen molar-refractivity contribution in [1.82, 2.24) is 0 Å². The summed E-state index contributed by atoms with van der Waals surface area (Å²) in [5.41, 5.74) is 1.62. The van der Waals surface area contributed by atoms with Gasteiger partial charge in [0.25, 0.3) is 0 Å². The van der Waals surface area contributed by atoms with E-state index in [9.17, 15) is 4.79 Å². The van der Waals surface area contributed by atoms with Crippen LogP contribution in [0.2, 0.25) is 0 Å². The van der Waals surface area contributed by atoms with Crippen LogP contribution >= 0.6 is 0 Å². The molecule has 0 heterocycles. The molecule has 0 saturated carbocycles. The fraction of sp³-hybridized carbons (Fsp3) is 0.698. The molecule has 0 amide bonds. The van der Waals surface area contributed by atoms with Crippen LogP contribution in [0, 0.1) is 0 Å². The minimum absolute atomic E-state index is 0.00665. The third-order valence-corrected chi connectivity index (χ3v) is 9.31. The van der Waals surface area contributed by atoms with Gasteiger partial charge in [0.05, 0.1) is 17.8 Å². The van der Waals surface area contributed by atoms with Crippen LogP contribution in [0.3, 0.4) is 0 Å². The highest BCUT2D eigenvalue weighted by Gasteiger charge is 2.13. The van der Waals surface area contributed by atoms with Crippen molar-refractivity contribution in [2.75, 3.05) is 6.61 Å². The Hall–Kier alpha value is -2.33. The highest BCUT2D eigenvalue weighted by Crippen LogP contribution is 2.24. The number of benzene rings is 2. The number of carbonyl (C=O) groups is 1. The molecule has 0 bridgehead atoms. The Morgan fingerprint density at radius 1 is 0.532 bits per heavy atom. The third kappa shape index (κ3) is 19.9. The lowest BCUT2D eigenvalue weighted by Gasteiger charge is -2.19. The van der Waals surface area contributed by atoms with Gasteiger partial charge in [-0.05, 0) is 74.6 Å². The molecule has 0 aliphatic rings. The Bertz CT molecular complexity index is 999. The first-order valence-corrected chi connectivity index (χ1v) is 19.8. The predicted octanol–water partition coefficient (Wildman–Crippen LogP) is 13.8. The number of hydrogen-bond donors (Lipinski definition) is 0. The fourth-order valence-corrected chi connectivity index (χ4v) is 6.22. The summed E-state index contributed by atoms with van der Waals surface area (Å²) in [5.74, 6) is 1.01. The van der Waals surface area contributed by atoms with Gasteiger partial charge in [0, 0.05) is 6.61 Å². The van der Waals surface area contributed by atoms with Crippen molar-refractivity contribution in [2.24, 2.45) is 0 Å². The van der Waals surface area contributed by atoms with Crippen molar-refractivity contribution in [3.63, 3.8) is 0 Å². The van der Waals surface area contributed by atoms with Gasteiger partial charge in [-0.2, -0.15) is 0 Å². The van der Waals surface area contributed by atoms with Crippen molar-refractivity contribution in [3.05, 3.63) is 59.7 Å². The van der Waals surface area contributed by atoms with Gasteiger partial charge in [-0.15, -0.1) is 0 Å². The SMILES string of the molecule is CCCCCCCCCCCCCCCCOC(C)c1ccc(C(=O)Oc2ccc(OC(CCC)CCCCCCCC)cc2)cc1.